The molecule has 1 atom stereocenters. The fraction of sp³-hybridized carbons (Fsp3) is 0.409. The Morgan fingerprint density at radius 1 is 0.963 bits per heavy atom. The Morgan fingerprint density at radius 3 is 2.37 bits per heavy atom. The van der Waals surface area contributed by atoms with Crippen LogP contribution in [0.15, 0.2) is 36.4 Å². The third kappa shape index (κ3) is 5.91. The maximum atomic E-state index is 12.4. The lowest BCUT2D eigenvalue weighted by Crippen LogP contribution is -2.36. The van der Waals surface area contributed by atoms with E-state index in [4.69, 9.17) is 14.2 Å². The van der Waals surface area contributed by atoms with Crippen LogP contribution in [-0.4, -0.2) is 25.2 Å². The van der Waals surface area contributed by atoms with E-state index in [0.717, 1.165) is 22.4 Å². The molecule has 0 radical (unpaired) electrons. The first-order chi connectivity index (χ1) is 12.9. The van der Waals surface area contributed by atoms with Gasteiger partial charge in [-0.05, 0) is 69.5 Å². The van der Waals surface area contributed by atoms with Crippen LogP contribution in [-0.2, 0) is 11.3 Å². The minimum Gasteiger partial charge on any atom is -0.490 e. The summed E-state index contributed by atoms with van der Waals surface area (Å²) in [7, 11) is 0. The number of aryl methyl sites for hydroxylation is 2. The van der Waals surface area contributed by atoms with Crippen molar-refractivity contribution in [1.29, 1.82) is 0 Å². The molecule has 146 valence electrons. The molecule has 0 aliphatic heterocycles. The molecular formula is C22H29NO4. The predicted molar refractivity (Wildman–Crippen MR) is 107 cm³/mol. The minimum atomic E-state index is -0.584. The van der Waals surface area contributed by atoms with Crippen LogP contribution in [0.2, 0.25) is 0 Å². The number of nitrogens with one attached hydrogen (secondary N) is 1. The predicted octanol–water partition coefficient (Wildman–Crippen LogP) is 4.18. The molecule has 0 spiro atoms. The summed E-state index contributed by atoms with van der Waals surface area (Å²) < 4.78 is 17.0. The van der Waals surface area contributed by atoms with Gasteiger partial charge in [0.1, 0.15) is 5.75 Å². The zero-order valence-electron chi connectivity index (χ0n) is 16.8. The van der Waals surface area contributed by atoms with Crippen LogP contribution in [0, 0.1) is 13.8 Å². The van der Waals surface area contributed by atoms with Gasteiger partial charge >= 0.3 is 0 Å². The Morgan fingerprint density at radius 2 is 1.67 bits per heavy atom. The summed E-state index contributed by atoms with van der Waals surface area (Å²) in [5.74, 6) is 1.96. The lowest BCUT2D eigenvalue weighted by Gasteiger charge is -2.17. The van der Waals surface area contributed by atoms with Gasteiger partial charge in [-0.3, -0.25) is 4.79 Å². The van der Waals surface area contributed by atoms with Crippen molar-refractivity contribution in [2.75, 3.05) is 13.2 Å². The highest BCUT2D eigenvalue weighted by atomic mass is 16.5. The van der Waals surface area contributed by atoms with Crippen molar-refractivity contribution in [1.82, 2.24) is 5.32 Å². The van der Waals surface area contributed by atoms with E-state index in [-0.39, 0.29) is 5.91 Å². The molecular weight excluding hydrogens is 342 g/mol. The van der Waals surface area contributed by atoms with Crippen LogP contribution < -0.4 is 19.5 Å². The molecule has 0 saturated carbocycles. The van der Waals surface area contributed by atoms with Gasteiger partial charge in [0.2, 0.25) is 0 Å². The molecule has 1 N–H and O–H groups in total. The number of carbonyl (C=O) groups excluding carboxylic acids is 1. The van der Waals surface area contributed by atoms with Crippen LogP contribution in [0.4, 0.5) is 0 Å². The Balaban J connectivity index is 1.97. The highest BCUT2D eigenvalue weighted by Gasteiger charge is 2.16. The molecule has 5 heteroatoms. The largest absolute Gasteiger partial charge is 0.490 e. The number of carbonyl (C=O) groups is 1. The van der Waals surface area contributed by atoms with Crippen LogP contribution >= 0.6 is 0 Å². The summed E-state index contributed by atoms with van der Waals surface area (Å²) in [4.78, 5) is 12.4. The van der Waals surface area contributed by atoms with Crippen LogP contribution in [0.1, 0.15) is 37.5 Å². The second-order valence-electron chi connectivity index (χ2n) is 6.39. The summed E-state index contributed by atoms with van der Waals surface area (Å²) in [5, 5.41) is 2.91. The van der Waals surface area contributed by atoms with E-state index in [1.165, 1.54) is 0 Å². The average molecular weight is 371 g/mol. The normalized spacial score (nSPS) is 11.6. The monoisotopic (exact) mass is 371 g/mol. The van der Waals surface area contributed by atoms with Gasteiger partial charge in [-0.25, -0.2) is 0 Å². The highest BCUT2D eigenvalue weighted by Crippen LogP contribution is 2.28. The average Bonchev–Trinajstić information content (AvgIpc) is 2.65. The molecule has 1 unspecified atom stereocenters. The molecule has 1 amide bonds. The number of hydrogen-bond acceptors (Lipinski definition) is 4. The van der Waals surface area contributed by atoms with E-state index < -0.39 is 6.10 Å². The van der Waals surface area contributed by atoms with E-state index in [9.17, 15) is 4.79 Å². The standard InChI is InChI=1S/C22H29NO4/c1-6-25-19-11-10-18(13-21(19)26-7-2)14-23-22(24)17(5)27-20-12-15(3)8-9-16(20)4/h8-13,17H,6-7,14H2,1-5H3,(H,23,24). The SMILES string of the molecule is CCOc1ccc(CNC(=O)C(C)Oc2cc(C)ccc2C)cc1OCC. The van der Waals surface area contributed by atoms with E-state index in [1.54, 1.807) is 6.92 Å². The number of ether oxygens (including phenoxy) is 3. The summed E-state index contributed by atoms with van der Waals surface area (Å²) in [6, 6.07) is 11.6. The van der Waals surface area contributed by atoms with Gasteiger partial charge in [-0.2, -0.15) is 0 Å². The maximum absolute atomic E-state index is 12.4. The van der Waals surface area contributed by atoms with Gasteiger partial charge in [-0.1, -0.05) is 18.2 Å². The fourth-order valence-corrected chi connectivity index (χ4v) is 2.62. The zero-order chi connectivity index (χ0) is 19.8. The molecule has 0 aromatic heterocycles. The first-order valence-electron chi connectivity index (χ1n) is 9.34. The summed E-state index contributed by atoms with van der Waals surface area (Å²) in [5.41, 5.74) is 3.04. The van der Waals surface area contributed by atoms with E-state index >= 15 is 0 Å². The molecule has 5 nitrogen and oxygen atoms in total. The van der Waals surface area contributed by atoms with Crippen molar-refractivity contribution in [2.45, 2.75) is 47.3 Å². The summed E-state index contributed by atoms with van der Waals surface area (Å²) in [6.07, 6.45) is -0.584. The molecule has 0 fully saturated rings. The molecule has 0 aliphatic carbocycles. The van der Waals surface area contributed by atoms with Crippen molar-refractivity contribution in [3.63, 3.8) is 0 Å². The first-order valence-corrected chi connectivity index (χ1v) is 9.34. The molecule has 2 aromatic carbocycles. The van der Waals surface area contributed by atoms with Crippen molar-refractivity contribution >= 4 is 5.91 Å². The Kier molecular flexibility index (Phi) is 7.53. The Hall–Kier alpha value is -2.69. The smallest absolute Gasteiger partial charge is 0.261 e. The van der Waals surface area contributed by atoms with Crippen LogP contribution in [0.25, 0.3) is 0 Å². The molecule has 0 bridgehead atoms. The van der Waals surface area contributed by atoms with E-state index in [0.29, 0.717) is 31.3 Å². The van der Waals surface area contributed by atoms with Crippen LogP contribution in [0.5, 0.6) is 17.2 Å². The maximum Gasteiger partial charge on any atom is 0.261 e. The van der Waals surface area contributed by atoms with Gasteiger partial charge in [0, 0.05) is 6.54 Å². The first kappa shape index (κ1) is 20.6. The lowest BCUT2D eigenvalue weighted by atomic mass is 10.1. The van der Waals surface area contributed by atoms with Crippen molar-refractivity contribution in [3.05, 3.63) is 53.1 Å². The highest BCUT2D eigenvalue weighted by molar-refractivity contribution is 5.80. The van der Waals surface area contributed by atoms with Gasteiger partial charge < -0.3 is 19.5 Å². The Labute approximate surface area is 161 Å². The van der Waals surface area contributed by atoms with Crippen LogP contribution in [0.3, 0.4) is 0 Å². The quantitative estimate of drug-likeness (QED) is 0.718. The van der Waals surface area contributed by atoms with Gasteiger partial charge in [-0.15, -0.1) is 0 Å². The molecule has 2 rings (SSSR count). The second-order valence-corrected chi connectivity index (χ2v) is 6.39. The van der Waals surface area contributed by atoms with Gasteiger partial charge in [0.15, 0.2) is 17.6 Å². The second kappa shape index (κ2) is 9.86. The third-order valence-corrected chi connectivity index (χ3v) is 4.09. The lowest BCUT2D eigenvalue weighted by molar-refractivity contribution is -0.127. The molecule has 2 aromatic rings. The van der Waals surface area contributed by atoms with Crippen molar-refractivity contribution in [2.24, 2.45) is 0 Å². The topological polar surface area (TPSA) is 56.8 Å². The minimum absolute atomic E-state index is 0.164. The van der Waals surface area contributed by atoms with Gasteiger partial charge in [0.25, 0.3) is 5.91 Å². The van der Waals surface area contributed by atoms with Crippen molar-refractivity contribution in [3.8, 4) is 17.2 Å². The summed E-state index contributed by atoms with van der Waals surface area (Å²) in [6.45, 7) is 11.1. The van der Waals surface area contributed by atoms with Crippen molar-refractivity contribution < 1.29 is 19.0 Å². The number of rotatable bonds is 9. The fourth-order valence-electron chi connectivity index (χ4n) is 2.62. The Bertz CT molecular complexity index is 773. The zero-order valence-corrected chi connectivity index (χ0v) is 16.8. The molecule has 0 aliphatic rings. The molecule has 0 heterocycles. The van der Waals surface area contributed by atoms with Gasteiger partial charge in [0.05, 0.1) is 13.2 Å². The third-order valence-electron chi connectivity index (χ3n) is 4.09. The van der Waals surface area contributed by atoms with E-state index in [1.807, 2.05) is 64.1 Å². The number of benzene rings is 2. The number of hydrogen-bond donors (Lipinski definition) is 1. The summed E-state index contributed by atoms with van der Waals surface area (Å²) >= 11 is 0. The molecule has 27 heavy (non-hydrogen) atoms. The molecule has 0 saturated heterocycles. The number of amides is 1. The van der Waals surface area contributed by atoms with E-state index in [2.05, 4.69) is 5.32 Å².